The van der Waals surface area contributed by atoms with Crippen molar-refractivity contribution < 1.29 is 9.59 Å². The molecule has 0 radical (unpaired) electrons. The van der Waals surface area contributed by atoms with Crippen LogP contribution in [0.4, 0.5) is 0 Å². The predicted octanol–water partition coefficient (Wildman–Crippen LogP) is 6.34. The van der Waals surface area contributed by atoms with E-state index in [1.165, 1.54) is 5.56 Å². The number of hydrogen-bond acceptors (Lipinski definition) is 6. The van der Waals surface area contributed by atoms with Gasteiger partial charge in [0.2, 0.25) is 5.91 Å². The quantitative estimate of drug-likeness (QED) is 0.106. The molecule has 0 aliphatic heterocycles. The molecule has 3 aromatic carbocycles. The molecule has 8 nitrogen and oxygen atoms in total. The molecule has 246 valence electrons. The van der Waals surface area contributed by atoms with Gasteiger partial charge in [0, 0.05) is 37.1 Å². The molecule has 3 atom stereocenters. The van der Waals surface area contributed by atoms with E-state index in [0.717, 1.165) is 65.5 Å². The second-order valence-corrected chi connectivity index (χ2v) is 12.5. The fraction of sp³-hybridized carbons (Fsp3) is 0.300. The SMILES string of the molecule is C[C@H](NC(=O)[C@H](CCCNC1CCCc2cccnc21)NC(=O)c1ccc(CNCc2ccccn2)cc1)c1cccc2ccccc12. The van der Waals surface area contributed by atoms with Crippen molar-refractivity contribution in [3.63, 3.8) is 0 Å². The van der Waals surface area contributed by atoms with Crippen LogP contribution in [0, 0.1) is 0 Å². The molecule has 2 heterocycles. The minimum Gasteiger partial charge on any atom is -0.348 e. The Morgan fingerprint density at radius 2 is 1.65 bits per heavy atom. The molecule has 4 N–H and O–H groups in total. The van der Waals surface area contributed by atoms with Gasteiger partial charge in [0.15, 0.2) is 0 Å². The number of nitrogens with zero attached hydrogens (tertiary/aromatic N) is 2. The second-order valence-electron chi connectivity index (χ2n) is 12.5. The predicted molar refractivity (Wildman–Crippen MR) is 190 cm³/mol. The first-order chi connectivity index (χ1) is 23.5. The minimum absolute atomic E-state index is 0.191. The van der Waals surface area contributed by atoms with E-state index in [0.29, 0.717) is 25.1 Å². The maximum atomic E-state index is 13.8. The highest BCUT2D eigenvalue weighted by molar-refractivity contribution is 5.97. The molecule has 1 unspecified atom stereocenters. The maximum Gasteiger partial charge on any atom is 0.251 e. The zero-order valence-electron chi connectivity index (χ0n) is 27.5. The van der Waals surface area contributed by atoms with Crippen LogP contribution in [0.15, 0.2) is 109 Å². The fourth-order valence-electron chi connectivity index (χ4n) is 6.53. The van der Waals surface area contributed by atoms with Crippen molar-refractivity contribution in [1.29, 1.82) is 0 Å². The van der Waals surface area contributed by atoms with Gasteiger partial charge in [0.05, 0.1) is 17.4 Å². The summed E-state index contributed by atoms with van der Waals surface area (Å²) < 4.78 is 0. The number of pyridine rings is 2. The molecule has 48 heavy (non-hydrogen) atoms. The molecule has 6 rings (SSSR count). The van der Waals surface area contributed by atoms with Crippen molar-refractivity contribution >= 4 is 22.6 Å². The van der Waals surface area contributed by atoms with Crippen LogP contribution in [-0.4, -0.2) is 34.4 Å². The Labute approximate surface area is 282 Å². The van der Waals surface area contributed by atoms with Crippen molar-refractivity contribution in [2.75, 3.05) is 6.54 Å². The molecule has 0 fully saturated rings. The molecule has 0 bridgehead atoms. The van der Waals surface area contributed by atoms with Gasteiger partial charge >= 0.3 is 0 Å². The van der Waals surface area contributed by atoms with Crippen LogP contribution in [0.1, 0.15) is 83.1 Å². The van der Waals surface area contributed by atoms with Gasteiger partial charge in [-0.05, 0) is 103 Å². The number of fused-ring (bicyclic) bond motifs is 2. The van der Waals surface area contributed by atoms with Crippen LogP contribution in [0.5, 0.6) is 0 Å². The number of hydrogen-bond donors (Lipinski definition) is 4. The molecule has 1 aliphatic rings. The van der Waals surface area contributed by atoms with Gasteiger partial charge in [-0.3, -0.25) is 19.6 Å². The van der Waals surface area contributed by atoms with Gasteiger partial charge in [-0.15, -0.1) is 0 Å². The Morgan fingerprint density at radius 1 is 0.833 bits per heavy atom. The van der Waals surface area contributed by atoms with Gasteiger partial charge in [-0.25, -0.2) is 0 Å². The Bertz CT molecular complexity index is 1810. The van der Waals surface area contributed by atoms with Gasteiger partial charge in [0.25, 0.3) is 5.91 Å². The molecule has 5 aromatic rings. The average molecular weight is 641 g/mol. The Balaban J connectivity index is 1.09. The van der Waals surface area contributed by atoms with Crippen LogP contribution in [-0.2, 0) is 24.3 Å². The number of rotatable bonds is 14. The van der Waals surface area contributed by atoms with Crippen LogP contribution in [0.3, 0.4) is 0 Å². The van der Waals surface area contributed by atoms with E-state index in [1.807, 2.05) is 85.9 Å². The largest absolute Gasteiger partial charge is 0.348 e. The fourth-order valence-corrected chi connectivity index (χ4v) is 6.53. The van der Waals surface area contributed by atoms with Gasteiger partial charge in [-0.1, -0.05) is 66.7 Å². The lowest BCUT2D eigenvalue weighted by molar-refractivity contribution is -0.123. The van der Waals surface area contributed by atoms with Gasteiger partial charge < -0.3 is 21.3 Å². The molecule has 0 spiro atoms. The minimum atomic E-state index is -0.687. The molecular formula is C40H44N6O2. The average Bonchev–Trinajstić information content (AvgIpc) is 3.13. The Morgan fingerprint density at radius 3 is 2.50 bits per heavy atom. The lowest BCUT2D eigenvalue weighted by Gasteiger charge is -2.26. The van der Waals surface area contributed by atoms with Crippen LogP contribution < -0.4 is 21.3 Å². The Kier molecular flexibility index (Phi) is 11.2. The number of amides is 2. The normalized spacial score (nSPS) is 15.3. The summed E-state index contributed by atoms with van der Waals surface area (Å²) >= 11 is 0. The van der Waals surface area contributed by atoms with Crippen LogP contribution in [0.2, 0.25) is 0 Å². The molecule has 0 saturated heterocycles. The van der Waals surface area contributed by atoms with Crippen molar-refractivity contribution in [3.8, 4) is 0 Å². The lowest BCUT2D eigenvalue weighted by atomic mass is 9.92. The lowest BCUT2D eigenvalue weighted by Crippen LogP contribution is -2.47. The monoisotopic (exact) mass is 640 g/mol. The summed E-state index contributed by atoms with van der Waals surface area (Å²) in [6.07, 6.45) is 8.10. The highest BCUT2D eigenvalue weighted by Gasteiger charge is 2.25. The first-order valence-electron chi connectivity index (χ1n) is 17.0. The smallest absolute Gasteiger partial charge is 0.251 e. The molecule has 0 saturated carbocycles. The number of benzene rings is 3. The summed E-state index contributed by atoms with van der Waals surface area (Å²) in [5, 5.41) is 15.5. The van der Waals surface area contributed by atoms with Crippen LogP contribution in [0.25, 0.3) is 10.8 Å². The zero-order valence-corrected chi connectivity index (χ0v) is 27.5. The number of carbonyl (C=O) groups excluding carboxylic acids is 2. The molecule has 2 aromatic heterocycles. The molecule has 2 amide bonds. The molecule has 8 heteroatoms. The standard InChI is InChI=1S/C40H44N6O2/c1-28(34-16-6-11-30-10-2-3-15-35(30)34)45-40(48)37(18-9-24-43-36-17-7-12-31-13-8-25-44-38(31)36)46-39(47)32-21-19-29(20-22-32)26-41-27-33-14-4-5-23-42-33/h2-6,8,10-11,13-16,19-23,25,28,36-37,41,43H,7,9,12,17-18,24,26-27H2,1H3,(H,45,48)(H,46,47)/t28-,36?,37-/m0/s1. The van der Waals surface area contributed by atoms with E-state index in [2.05, 4.69) is 55.5 Å². The Hall–Kier alpha value is -4.92. The highest BCUT2D eigenvalue weighted by Crippen LogP contribution is 2.28. The first-order valence-corrected chi connectivity index (χ1v) is 17.0. The maximum absolute atomic E-state index is 13.8. The molecular weight excluding hydrogens is 596 g/mol. The molecule has 1 aliphatic carbocycles. The van der Waals surface area contributed by atoms with Crippen molar-refractivity contribution in [2.24, 2.45) is 0 Å². The van der Waals surface area contributed by atoms with Crippen LogP contribution >= 0.6 is 0 Å². The number of aromatic nitrogens is 2. The van der Waals surface area contributed by atoms with Crippen molar-refractivity contribution in [1.82, 2.24) is 31.2 Å². The summed E-state index contributed by atoms with van der Waals surface area (Å²) in [7, 11) is 0. The number of nitrogens with one attached hydrogen (secondary N) is 4. The summed E-state index contributed by atoms with van der Waals surface area (Å²) in [4.78, 5) is 36.3. The third-order valence-electron chi connectivity index (χ3n) is 9.10. The third kappa shape index (κ3) is 8.51. The number of aryl methyl sites for hydroxylation is 1. The van der Waals surface area contributed by atoms with E-state index in [1.54, 1.807) is 6.20 Å². The topological polar surface area (TPSA) is 108 Å². The van der Waals surface area contributed by atoms with Gasteiger partial charge in [-0.2, -0.15) is 0 Å². The van der Waals surface area contributed by atoms with E-state index in [-0.39, 0.29) is 23.9 Å². The highest BCUT2D eigenvalue weighted by atomic mass is 16.2. The summed E-state index contributed by atoms with van der Waals surface area (Å²) in [6, 6.07) is 31.1. The summed E-state index contributed by atoms with van der Waals surface area (Å²) in [5.41, 5.74) is 6.04. The van der Waals surface area contributed by atoms with E-state index in [4.69, 9.17) is 0 Å². The van der Waals surface area contributed by atoms with Crippen molar-refractivity contribution in [2.45, 2.75) is 70.2 Å². The van der Waals surface area contributed by atoms with E-state index in [9.17, 15) is 9.59 Å². The third-order valence-corrected chi connectivity index (χ3v) is 9.10. The summed E-state index contributed by atoms with van der Waals surface area (Å²) in [6.45, 7) is 4.03. The first kappa shape index (κ1) is 33.0. The van der Waals surface area contributed by atoms with E-state index < -0.39 is 6.04 Å². The number of carbonyl (C=O) groups is 2. The van der Waals surface area contributed by atoms with Gasteiger partial charge in [0.1, 0.15) is 6.04 Å². The summed E-state index contributed by atoms with van der Waals surface area (Å²) in [5.74, 6) is -0.455. The second kappa shape index (κ2) is 16.3. The zero-order chi connectivity index (χ0) is 33.1. The van der Waals surface area contributed by atoms with Crippen molar-refractivity contribution in [3.05, 3.63) is 143 Å². The van der Waals surface area contributed by atoms with E-state index >= 15 is 0 Å².